The highest BCUT2D eigenvalue weighted by Crippen LogP contribution is 2.24. The Morgan fingerprint density at radius 1 is 0.775 bits per heavy atom. The predicted molar refractivity (Wildman–Crippen MR) is 271 cm³/mol. The SMILES string of the molecule is N#Cc1cccc(-c2ccc(=O)n(Cc3cccc(-c4ncc(OCC5CCN(C(=O)CCCCCCCCCCCCCNc6ccc7c(=O)n(C8CCC(=O)NC8=O)ncc7c6)CC5)cn4)c3)n2)c1. The van der Waals surface area contributed by atoms with Crippen molar-refractivity contribution >= 4 is 34.2 Å². The van der Waals surface area contributed by atoms with E-state index in [-0.39, 0.29) is 42.3 Å². The van der Waals surface area contributed by atoms with Gasteiger partial charge in [-0.25, -0.2) is 19.3 Å². The summed E-state index contributed by atoms with van der Waals surface area (Å²) in [4.78, 5) is 73.6. The Morgan fingerprint density at radius 3 is 2.24 bits per heavy atom. The number of anilines is 1. The lowest BCUT2D eigenvalue weighted by Gasteiger charge is -2.32. The maximum Gasteiger partial charge on any atom is 0.275 e. The third-order valence-electron chi connectivity index (χ3n) is 13.5. The van der Waals surface area contributed by atoms with Crippen LogP contribution in [0.2, 0.25) is 0 Å². The van der Waals surface area contributed by atoms with Gasteiger partial charge in [0.15, 0.2) is 11.6 Å². The van der Waals surface area contributed by atoms with Crippen LogP contribution in [0.3, 0.4) is 0 Å². The first-order valence-corrected chi connectivity index (χ1v) is 25.2. The van der Waals surface area contributed by atoms with Crippen LogP contribution in [0.1, 0.15) is 120 Å². The zero-order valence-corrected chi connectivity index (χ0v) is 40.3. The van der Waals surface area contributed by atoms with Crippen molar-refractivity contribution in [2.75, 3.05) is 31.6 Å². The molecule has 1 unspecified atom stereocenters. The maximum atomic E-state index is 13.0. The van der Waals surface area contributed by atoms with Crippen LogP contribution >= 0.6 is 0 Å². The lowest BCUT2D eigenvalue weighted by atomic mass is 9.97. The van der Waals surface area contributed by atoms with E-state index in [1.807, 2.05) is 47.4 Å². The number of nitrogens with zero attached hydrogens (tertiary/aromatic N) is 8. The summed E-state index contributed by atoms with van der Waals surface area (Å²) in [5, 5.41) is 25.1. The number of hydrogen-bond donors (Lipinski definition) is 2. The third kappa shape index (κ3) is 13.8. The van der Waals surface area contributed by atoms with Gasteiger partial charge in [0.1, 0.15) is 6.04 Å². The van der Waals surface area contributed by atoms with Crippen LogP contribution < -0.4 is 26.5 Å². The van der Waals surface area contributed by atoms with Gasteiger partial charge in [-0.15, -0.1) is 0 Å². The molecule has 2 fully saturated rings. The molecule has 3 aromatic carbocycles. The van der Waals surface area contributed by atoms with Crippen LogP contribution in [-0.2, 0) is 20.9 Å². The van der Waals surface area contributed by atoms with Gasteiger partial charge in [-0.05, 0) is 86.1 Å². The van der Waals surface area contributed by atoms with Gasteiger partial charge in [-0.1, -0.05) is 88.1 Å². The number of benzene rings is 3. The minimum Gasteiger partial charge on any atom is -0.490 e. The van der Waals surface area contributed by atoms with Gasteiger partial charge < -0.3 is 15.0 Å². The van der Waals surface area contributed by atoms with Gasteiger partial charge >= 0.3 is 0 Å². The molecule has 5 heterocycles. The fraction of sp³-hybridized carbons (Fsp3) is 0.418. The maximum absolute atomic E-state index is 13.0. The van der Waals surface area contributed by atoms with Crippen LogP contribution in [-0.4, -0.2) is 78.4 Å². The minimum atomic E-state index is -0.773. The number of amides is 3. The molecule has 368 valence electrons. The van der Waals surface area contributed by atoms with Crippen LogP contribution in [0.25, 0.3) is 33.4 Å². The monoisotopic (exact) mass is 958 g/mol. The molecule has 2 N–H and O–H groups in total. The van der Waals surface area contributed by atoms with E-state index < -0.39 is 11.9 Å². The Labute approximate surface area is 413 Å². The van der Waals surface area contributed by atoms with E-state index in [1.54, 1.807) is 48.9 Å². The zero-order valence-electron chi connectivity index (χ0n) is 40.3. The molecule has 16 heteroatoms. The Balaban J connectivity index is 0.636. The number of nitrogens with one attached hydrogen (secondary N) is 2. The standard InChI is InChI=1S/C55H62N10O6/c56-33-40-14-12-16-42(30-40)48-21-24-52(68)64(62-48)37-41-15-13-17-43(31-41)53-58-35-46(36-59-53)71-38-39-25-28-63(29-26-39)51(67)18-10-8-6-4-2-1-3-5-7-9-11-27-57-45-19-20-47-44(32-45)34-60-65(55(47)70)49-22-23-50(66)61-54(49)69/h12-17,19-21,24,30-32,34-36,39,49,57H,1-11,18,22-23,25-29,37-38H2,(H,61,66,69). The molecular formula is C55H62N10O6. The van der Waals surface area contributed by atoms with Gasteiger partial charge in [0.2, 0.25) is 11.8 Å². The van der Waals surface area contributed by atoms with Crippen molar-refractivity contribution in [2.24, 2.45) is 5.92 Å². The van der Waals surface area contributed by atoms with E-state index in [2.05, 4.69) is 36.9 Å². The molecule has 16 nitrogen and oxygen atoms in total. The summed E-state index contributed by atoms with van der Waals surface area (Å²) >= 11 is 0. The van der Waals surface area contributed by atoms with Gasteiger partial charge in [0.25, 0.3) is 17.0 Å². The third-order valence-corrected chi connectivity index (χ3v) is 13.5. The first kappa shape index (κ1) is 49.9. The van der Waals surface area contributed by atoms with Crippen LogP contribution in [0.4, 0.5) is 5.69 Å². The number of piperidine rings is 2. The van der Waals surface area contributed by atoms with Crippen LogP contribution in [0.5, 0.6) is 5.75 Å². The number of fused-ring (bicyclic) bond motifs is 1. The molecule has 2 saturated heterocycles. The molecule has 0 saturated carbocycles. The average molecular weight is 959 g/mol. The quantitative estimate of drug-likeness (QED) is 0.0459. The van der Waals surface area contributed by atoms with Crippen molar-refractivity contribution in [1.29, 1.82) is 5.26 Å². The molecular weight excluding hydrogens is 897 g/mol. The highest BCUT2D eigenvalue weighted by Gasteiger charge is 2.30. The highest BCUT2D eigenvalue weighted by molar-refractivity contribution is 5.99. The van der Waals surface area contributed by atoms with E-state index >= 15 is 0 Å². The molecule has 71 heavy (non-hydrogen) atoms. The van der Waals surface area contributed by atoms with Crippen LogP contribution in [0, 0.1) is 17.2 Å². The average Bonchev–Trinajstić information content (AvgIpc) is 3.39. The van der Waals surface area contributed by atoms with Crippen molar-refractivity contribution in [3.63, 3.8) is 0 Å². The predicted octanol–water partition coefficient (Wildman–Crippen LogP) is 8.39. The second kappa shape index (κ2) is 24.8. The Morgan fingerprint density at radius 2 is 1.49 bits per heavy atom. The molecule has 3 aromatic heterocycles. The molecule has 2 aliphatic rings. The first-order chi connectivity index (χ1) is 34.7. The van der Waals surface area contributed by atoms with E-state index in [0.717, 1.165) is 80.5 Å². The number of imide groups is 1. The normalized spacial score (nSPS) is 15.1. The number of rotatable bonds is 23. The number of unbranched alkanes of at least 4 members (excludes halogenated alkanes) is 10. The number of aromatic nitrogens is 6. The van der Waals surface area contributed by atoms with E-state index in [4.69, 9.17) is 4.74 Å². The zero-order chi connectivity index (χ0) is 49.4. The molecule has 0 aliphatic carbocycles. The molecule has 0 spiro atoms. The Kier molecular flexibility index (Phi) is 17.4. The number of hydrogen-bond acceptors (Lipinski definition) is 12. The fourth-order valence-corrected chi connectivity index (χ4v) is 9.34. The lowest BCUT2D eigenvalue weighted by molar-refractivity contribution is -0.136. The smallest absolute Gasteiger partial charge is 0.275 e. The van der Waals surface area contributed by atoms with E-state index in [0.29, 0.717) is 52.5 Å². The summed E-state index contributed by atoms with van der Waals surface area (Å²) in [6.07, 6.45) is 20.7. The number of likely N-dealkylation sites (tertiary alicyclic amines) is 1. The van der Waals surface area contributed by atoms with Crippen molar-refractivity contribution in [3.8, 4) is 34.5 Å². The summed E-state index contributed by atoms with van der Waals surface area (Å²) in [6, 6.07) is 24.9. The molecule has 0 radical (unpaired) electrons. The Hall–Kier alpha value is -7.54. The van der Waals surface area contributed by atoms with Gasteiger partial charge in [-0.3, -0.25) is 29.3 Å². The number of carbonyl (C=O) groups is 3. The Bertz CT molecular complexity index is 2960. The summed E-state index contributed by atoms with van der Waals surface area (Å²) in [5.41, 5.74) is 3.95. The van der Waals surface area contributed by atoms with Gasteiger partial charge in [0.05, 0.1) is 54.5 Å². The second-order valence-corrected chi connectivity index (χ2v) is 18.7. The van der Waals surface area contributed by atoms with Crippen LogP contribution in [0.15, 0.2) is 107 Å². The summed E-state index contributed by atoms with van der Waals surface area (Å²) in [6.45, 7) is 3.19. The van der Waals surface area contributed by atoms with Gasteiger partial charge in [0, 0.05) is 60.7 Å². The van der Waals surface area contributed by atoms with Gasteiger partial charge in [-0.2, -0.15) is 15.5 Å². The summed E-state index contributed by atoms with van der Waals surface area (Å²) in [7, 11) is 0. The molecule has 2 aliphatic heterocycles. The van der Waals surface area contributed by atoms with E-state index in [9.17, 15) is 29.2 Å². The van der Waals surface area contributed by atoms with Crippen molar-refractivity contribution in [2.45, 2.75) is 115 Å². The topological polar surface area (TPSA) is 207 Å². The van der Waals surface area contributed by atoms with Crippen molar-refractivity contribution in [3.05, 3.63) is 129 Å². The van der Waals surface area contributed by atoms with Crippen molar-refractivity contribution < 1.29 is 19.1 Å². The second-order valence-electron chi connectivity index (χ2n) is 18.7. The molecule has 3 amide bonds. The number of carbonyl (C=O) groups excluding carboxylic acids is 3. The van der Waals surface area contributed by atoms with Crippen molar-refractivity contribution in [1.82, 2.24) is 39.7 Å². The summed E-state index contributed by atoms with van der Waals surface area (Å²) < 4.78 is 8.69. The highest BCUT2D eigenvalue weighted by atomic mass is 16.5. The van der Waals surface area contributed by atoms with E-state index in [1.165, 1.54) is 60.4 Å². The molecule has 8 rings (SSSR count). The molecule has 0 bridgehead atoms. The molecule has 6 aromatic rings. The largest absolute Gasteiger partial charge is 0.490 e. The minimum absolute atomic E-state index is 0.187. The number of nitriles is 1. The lowest BCUT2D eigenvalue weighted by Crippen LogP contribution is -2.45. The first-order valence-electron chi connectivity index (χ1n) is 25.2. The summed E-state index contributed by atoms with van der Waals surface area (Å²) in [5.74, 6) is 0.959. The number of ether oxygens (including phenoxy) is 1. The fourth-order valence-electron chi connectivity index (χ4n) is 9.34. The molecule has 1 atom stereocenters.